The molecule has 0 aliphatic rings. The molecule has 6 nitrogen and oxygen atoms in total. The van der Waals surface area contributed by atoms with Crippen molar-refractivity contribution in [3.63, 3.8) is 0 Å². The van der Waals surface area contributed by atoms with Gasteiger partial charge in [-0.05, 0) is 43.7 Å². The summed E-state index contributed by atoms with van der Waals surface area (Å²) in [6.07, 6.45) is 1.82. The normalized spacial score (nSPS) is 10.9. The van der Waals surface area contributed by atoms with Crippen molar-refractivity contribution in [1.29, 1.82) is 0 Å². The van der Waals surface area contributed by atoms with Gasteiger partial charge in [0.25, 0.3) is 0 Å². The van der Waals surface area contributed by atoms with Crippen LogP contribution in [0.4, 0.5) is 5.69 Å². The van der Waals surface area contributed by atoms with Crippen LogP contribution in [0.2, 0.25) is 0 Å². The zero-order valence-corrected chi connectivity index (χ0v) is 12.8. The van der Waals surface area contributed by atoms with Crippen molar-refractivity contribution >= 4 is 11.3 Å². The minimum absolute atomic E-state index is 0.583. The second-order valence-corrected chi connectivity index (χ2v) is 4.97. The molecule has 0 bridgehead atoms. The zero-order chi connectivity index (χ0) is 15.7. The number of pyridine rings is 1. The Labute approximate surface area is 128 Å². The molecule has 0 unspecified atom stereocenters. The molecular formula is C16H18N4O2. The molecule has 0 spiro atoms. The van der Waals surface area contributed by atoms with E-state index in [1.807, 2.05) is 48.7 Å². The van der Waals surface area contributed by atoms with E-state index in [2.05, 4.69) is 10.2 Å². The van der Waals surface area contributed by atoms with Crippen LogP contribution in [0.3, 0.4) is 0 Å². The van der Waals surface area contributed by atoms with Crippen molar-refractivity contribution in [3.05, 3.63) is 36.0 Å². The standard InChI is InChI=1S/C16H18N4O2/c1-4-22-13-6-5-11(8-14(13)21-3)16-19-18-15-10(2)7-12(17)9-20(15)16/h5-9H,4,17H2,1-3H3. The van der Waals surface area contributed by atoms with Crippen LogP contribution in [0.1, 0.15) is 12.5 Å². The van der Waals surface area contributed by atoms with Gasteiger partial charge in [-0.15, -0.1) is 10.2 Å². The number of rotatable bonds is 4. The maximum absolute atomic E-state index is 5.93. The highest BCUT2D eigenvalue weighted by Crippen LogP contribution is 2.32. The maximum atomic E-state index is 5.93. The molecule has 3 rings (SSSR count). The van der Waals surface area contributed by atoms with Crippen LogP contribution in [-0.2, 0) is 0 Å². The Morgan fingerprint density at radius 1 is 1.18 bits per heavy atom. The van der Waals surface area contributed by atoms with Crippen LogP contribution >= 0.6 is 0 Å². The number of hydrogen-bond donors (Lipinski definition) is 1. The topological polar surface area (TPSA) is 74.7 Å². The van der Waals surface area contributed by atoms with E-state index in [4.69, 9.17) is 15.2 Å². The summed E-state index contributed by atoms with van der Waals surface area (Å²) in [7, 11) is 1.62. The van der Waals surface area contributed by atoms with Gasteiger partial charge >= 0.3 is 0 Å². The smallest absolute Gasteiger partial charge is 0.168 e. The number of hydrogen-bond acceptors (Lipinski definition) is 5. The van der Waals surface area contributed by atoms with Crippen LogP contribution < -0.4 is 15.2 Å². The molecule has 0 aliphatic carbocycles. The molecule has 1 aromatic carbocycles. The minimum atomic E-state index is 0.583. The summed E-state index contributed by atoms with van der Waals surface area (Å²) in [5.41, 5.74) is 9.26. The molecule has 2 heterocycles. The van der Waals surface area contributed by atoms with Gasteiger partial charge in [-0.25, -0.2) is 0 Å². The van der Waals surface area contributed by atoms with Crippen LogP contribution in [0.25, 0.3) is 17.0 Å². The summed E-state index contributed by atoms with van der Waals surface area (Å²) in [5, 5.41) is 8.51. The molecule has 0 saturated heterocycles. The number of methoxy groups -OCH3 is 1. The summed E-state index contributed by atoms with van der Waals surface area (Å²) in [6, 6.07) is 7.58. The van der Waals surface area contributed by atoms with Crippen molar-refractivity contribution in [1.82, 2.24) is 14.6 Å². The number of nitrogens with zero attached hydrogens (tertiary/aromatic N) is 3. The van der Waals surface area contributed by atoms with E-state index in [9.17, 15) is 0 Å². The van der Waals surface area contributed by atoms with E-state index in [0.717, 1.165) is 16.8 Å². The van der Waals surface area contributed by atoms with E-state index in [0.29, 0.717) is 29.6 Å². The Hall–Kier alpha value is -2.76. The summed E-state index contributed by atoms with van der Waals surface area (Å²) in [6.45, 7) is 4.48. The summed E-state index contributed by atoms with van der Waals surface area (Å²) in [4.78, 5) is 0. The van der Waals surface area contributed by atoms with E-state index in [-0.39, 0.29) is 0 Å². The molecule has 2 N–H and O–H groups in total. The monoisotopic (exact) mass is 298 g/mol. The molecule has 6 heteroatoms. The van der Waals surface area contributed by atoms with Gasteiger partial charge in [0.05, 0.1) is 13.7 Å². The SMILES string of the molecule is CCOc1ccc(-c2nnc3c(C)cc(N)cn23)cc1OC. The number of ether oxygens (including phenoxy) is 2. The Balaban J connectivity index is 2.15. The number of aromatic nitrogens is 3. The van der Waals surface area contributed by atoms with Gasteiger partial charge in [-0.3, -0.25) is 4.40 Å². The van der Waals surface area contributed by atoms with Gasteiger partial charge in [-0.1, -0.05) is 0 Å². The first-order valence-corrected chi connectivity index (χ1v) is 7.06. The lowest BCUT2D eigenvalue weighted by atomic mass is 10.2. The van der Waals surface area contributed by atoms with Gasteiger partial charge in [0, 0.05) is 17.4 Å². The summed E-state index contributed by atoms with van der Waals surface area (Å²) < 4.78 is 12.8. The molecule has 0 radical (unpaired) electrons. The molecule has 3 aromatic rings. The Bertz CT molecular complexity index is 826. The fraction of sp³-hybridized carbons (Fsp3) is 0.250. The highest BCUT2D eigenvalue weighted by Gasteiger charge is 2.13. The molecule has 22 heavy (non-hydrogen) atoms. The van der Waals surface area contributed by atoms with E-state index in [1.54, 1.807) is 7.11 Å². The lowest BCUT2D eigenvalue weighted by molar-refractivity contribution is 0.311. The van der Waals surface area contributed by atoms with E-state index >= 15 is 0 Å². The Morgan fingerprint density at radius 3 is 2.73 bits per heavy atom. The van der Waals surface area contributed by atoms with Crippen LogP contribution in [0.5, 0.6) is 11.5 Å². The average Bonchev–Trinajstić information content (AvgIpc) is 2.92. The second kappa shape index (κ2) is 5.55. The maximum Gasteiger partial charge on any atom is 0.168 e. The molecule has 2 aromatic heterocycles. The van der Waals surface area contributed by atoms with Gasteiger partial charge in [0.2, 0.25) is 0 Å². The highest BCUT2D eigenvalue weighted by atomic mass is 16.5. The van der Waals surface area contributed by atoms with E-state index in [1.165, 1.54) is 0 Å². The molecule has 0 saturated carbocycles. The minimum Gasteiger partial charge on any atom is -0.493 e. The van der Waals surface area contributed by atoms with Crippen molar-refractivity contribution < 1.29 is 9.47 Å². The molecule has 0 amide bonds. The quantitative estimate of drug-likeness (QED) is 0.801. The van der Waals surface area contributed by atoms with Crippen LogP contribution in [0, 0.1) is 6.92 Å². The average molecular weight is 298 g/mol. The molecule has 114 valence electrons. The predicted molar refractivity (Wildman–Crippen MR) is 85.3 cm³/mol. The van der Waals surface area contributed by atoms with Gasteiger partial charge < -0.3 is 15.2 Å². The fourth-order valence-electron chi connectivity index (χ4n) is 2.46. The van der Waals surface area contributed by atoms with Crippen molar-refractivity contribution in [2.24, 2.45) is 0 Å². The number of nitrogens with two attached hydrogens (primary N) is 1. The first kappa shape index (κ1) is 14.2. The number of nitrogen functional groups attached to an aromatic ring is 1. The summed E-state index contributed by atoms with van der Waals surface area (Å²) in [5.74, 6) is 2.08. The summed E-state index contributed by atoms with van der Waals surface area (Å²) >= 11 is 0. The molecular weight excluding hydrogens is 280 g/mol. The predicted octanol–water partition coefficient (Wildman–Crippen LogP) is 2.69. The lowest BCUT2D eigenvalue weighted by Gasteiger charge is -2.10. The van der Waals surface area contributed by atoms with Gasteiger partial charge in [0.15, 0.2) is 23.0 Å². The van der Waals surface area contributed by atoms with Gasteiger partial charge in [0.1, 0.15) is 0 Å². The van der Waals surface area contributed by atoms with Crippen LogP contribution in [-0.4, -0.2) is 28.3 Å². The lowest BCUT2D eigenvalue weighted by Crippen LogP contribution is -1.97. The Morgan fingerprint density at radius 2 is 2.00 bits per heavy atom. The number of anilines is 1. The third kappa shape index (κ3) is 2.32. The van der Waals surface area contributed by atoms with Crippen molar-refractivity contribution in [2.75, 3.05) is 19.5 Å². The second-order valence-electron chi connectivity index (χ2n) is 4.97. The van der Waals surface area contributed by atoms with Gasteiger partial charge in [-0.2, -0.15) is 0 Å². The van der Waals surface area contributed by atoms with Crippen LogP contribution in [0.15, 0.2) is 30.5 Å². The zero-order valence-electron chi connectivity index (χ0n) is 12.8. The fourth-order valence-corrected chi connectivity index (χ4v) is 2.46. The molecule has 0 atom stereocenters. The first-order chi connectivity index (χ1) is 10.6. The first-order valence-electron chi connectivity index (χ1n) is 7.06. The van der Waals surface area contributed by atoms with E-state index < -0.39 is 0 Å². The number of aryl methyl sites for hydroxylation is 1. The molecule has 0 fully saturated rings. The Kier molecular flexibility index (Phi) is 3.58. The third-order valence-electron chi connectivity index (χ3n) is 3.43. The van der Waals surface area contributed by atoms with Crippen molar-refractivity contribution in [3.8, 4) is 22.9 Å². The van der Waals surface area contributed by atoms with Crippen molar-refractivity contribution in [2.45, 2.75) is 13.8 Å². The number of fused-ring (bicyclic) bond motifs is 1. The largest absolute Gasteiger partial charge is 0.493 e. The molecule has 0 aliphatic heterocycles. The highest BCUT2D eigenvalue weighted by molar-refractivity contribution is 5.66. The number of benzene rings is 1. The third-order valence-corrected chi connectivity index (χ3v) is 3.43.